The third kappa shape index (κ3) is 1.02. The lowest BCUT2D eigenvalue weighted by Crippen LogP contribution is -2.26. The minimum atomic E-state index is -1.32. The van der Waals surface area contributed by atoms with Gasteiger partial charge in [0.1, 0.15) is 0 Å². The van der Waals surface area contributed by atoms with Crippen LogP contribution in [0.5, 0.6) is 0 Å². The van der Waals surface area contributed by atoms with Crippen LogP contribution in [0.3, 0.4) is 0 Å². The number of rotatable bonds is 0. The molecule has 1 aromatic heterocycles. The third-order valence-corrected chi connectivity index (χ3v) is 0.918. The molecule has 1 N–H and O–H groups in total. The van der Waals surface area contributed by atoms with Gasteiger partial charge in [0.05, 0.1) is 0 Å². The fourth-order valence-corrected chi connectivity index (χ4v) is 0.503. The van der Waals surface area contributed by atoms with Gasteiger partial charge in [-0.3, -0.25) is 0 Å². The van der Waals surface area contributed by atoms with E-state index in [4.69, 9.17) is 5.11 Å². The Balaban J connectivity index is 3.29. The van der Waals surface area contributed by atoms with Gasteiger partial charge < -0.3 is 5.11 Å². The van der Waals surface area contributed by atoms with Gasteiger partial charge in [-0.2, -0.15) is 0 Å². The SMILES string of the molecule is O=C(O)n1cccnc1=O. The van der Waals surface area contributed by atoms with Crippen molar-refractivity contribution in [1.82, 2.24) is 9.55 Å². The molecule has 0 aliphatic heterocycles. The van der Waals surface area contributed by atoms with Crippen LogP contribution in [0.4, 0.5) is 4.79 Å². The van der Waals surface area contributed by atoms with Crippen molar-refractivity contribution in [2.24, 2.45) is 0 Å². The minimum absolute atomic E-state index is 0.500. The normalized spacial score (nSPS) is 9.20. The van der Waals surface area contributed by atoms with E-state index in [0.717, 1.165) is 6.20 Å². The Morgan fingerprint density at radius 2 is 2.40 bits per heavy atom. The highest BCUT2D eigenvalue weighted by atomic mass is 16.4. The molecule has 0 atom stereocenters. The molecule has 0 fully saturated rings. The highest BCUT2D eigenvalue weighted by Gasteiger charge is 2.00. The van der Waals surface area contributed by atoms with Gasteiger partial charge in [0.25, 0.3) is 0 Å². The van der Waals surface area contributed by atoms with E-state index in [1.807, 2.05) is 0 Å². The number of carbonyl (C=O) groups is 1. The first-order chi connectivity index (χ1) is 4.72. The van der Waals surface area contributed by atoms with Crippen molar-refractivity contribution < 1.29 is 9.90 Å². The molecule has 0 unspecified atom stereocenters. The van der Waals surface area contributed by atoms with Crippen molar-refractivity contribution in [2.45, 2.75) is 0 Å². The topological polar surface area (TPSA) is 72.2 Å². The molecule has 0 aromatic carbocycles. The van der Waals surface area contributed by atoms with Gasteiger partial charge >= 0.3 is 11.8 Å². The molecule has 0 spiro atoms. The van der Waals surface area contributed by atoms with Gasteiger partial charge in [0.15, 0.2) is 0 Å². The molecular weight excluding hydrogens is 136 g/mol. The first-order valence-electron chi connectivity index (χ1n) is 2.49. The highest BCUT2D eigenvalue weighted by Crippen LogP contribution is 1.75. The predicted octanol–water partition coefficient (Wildman–Crippen LogP) is -0.231. The fraction of sp³-hybridized carbons (Fsp3) is 0. The predicted molar refractivity (Wildman–Crippen MR) is 31.9 cm³/mol. The van der Waals surface area contributed by atoms with E-state index in [1.165, 1.54) is 12.3 Å². The van der Waals surface area contributed by atoms with E-state index in [2.05, 4.69) is 4.98 Å². The standard InChI is InChI=1S/C5H4N2O3/c8-4-6-2-1-3-7(4)5(9)10/h1-3H,(H,9,10). The molecule has 1 rings (SSSR count). The molecule has 5 heteroatoms. The van der Waals surface area contributed by atoms with Crippen molar-refractivity contribution in [1.29, 1.82) is 0 Å². The van der Waals surface area contributed by atoms with Crippen LogP contribution in [-0.4, -0.2) is 20.8 Å². The summed E-state index contributed by atoms with van der Waals surface area (Å²) in [6, 6.07) is 1.37. The zero-order valence-corrected chi connectivity index (χ0v) is 4.89. The maximum absolute atomic E-state index is 10.5. The summed E-state index contributed by atoms with van der Waals surface area (Å²) in [7, 11) is 0. The summed E-state index contributed by atoms with van der Waals surface area (Å²) < 4.78 is 0.500. The quantitative estimate of drug-likeness (QED) is 0.540. The second-order valence-corrected chi connectivity index (χ2v) is 1.55. The van der Waals surface area contributed by atoms with E-state index in [1.54, 1.807) is 0 Å². The Morgan fingerprint density at radius 3 is 2.80 bits per heavy atom. The third-order valence-electron chi connectivity index (χ3n) is 0.918. The first-order valence-corrected chi connectivity index (χ1v) is 2.49. The molecule has 1 aromatic rings. The largest absolute Gasteiger partial charge is 0.464 e. The van der Waals surface area contributed by atoms with Crippen LogP contribution >= 0.6 is 0 Å². The van der Waals surface area contributed by atoms with Crippen molar-refractivity contribution in [3.05, 3.63) is 28.9 Å². The Hall–Kier alpha value is -1.65. The molecule has 0 saturated carbocycles. The zero-order chi connectivity index (χ0) is 7.56. The summed E-state index contributed by atoms with van der Waals surface area (Å²) in [5.41, 5.74) is -0.782. The lowest BCUT2D eigenvalue weighted by molar-refractivity contribution is 0.195. The van der Waals surface area contributed by atoms with E-state index >= 15 is 0 Å². The van der Waals surface area contributed by atoms with Crippen LogP contribution in [0.2, 0.25) is 0 Å². The molecule has 5 nitrogen and oxygen atoms in total. The molecule has 0 aliphatic carbocycles. The fourth-order valence-electron chi connectivity index (χ4n) is 0.503. The van der Waals surface area contributed by atoms with Crippen LogP contribution in [-0.2, 0) is 0 Å². The van der Waals surface area contributed by atoms with Gasteiger partial charge in [-0.15, -0.1) is 0 Å². The minimum Gasteiger partial charge on any atom is -0.464 e. The van der Waals surface area contributed by atoms with Crippen LogP contribution in [0.1, 0.15) is 0 Å². The Bertz CT molecular complexity index is 304. The van der Waals surface area contributed by atoms with Crippen LogP contribution < -0.4 is 5.69 Å². The van der Waals surface area contributed by atoms with Gasteiger partial charge in [-0.25, -0.2) is 19.1 Å². The molecule has 52 valence electrons. The van der Waals surface area contributed by atoms with Crippen LogP contribution in [0.15, 0.2) is 23.3 Å². The van der Waals surface area contributed by atoms with E-state index in [9.17, 15) is 9.59 Å². The summed E-state index contributed by atoms with van der Waals surface area (Å²) in [4.78, 5) is 23.9. The lowest BCUT2D eigenvalue weighted by atomic mass is 10.7. The number of carboxylic acid groups (broad SMARTS) is 1. The van der Waals surface area contributed by atoms with Crippen molar-refractivity contribution >= 4 is 6.09 Å². The molecule has 1 heterocycles. The van der Waals surface area contributed by atoms with Crippen LogP contribution in [0.25, 0.3) is 0 Å². The summed E-state index contributed by atoms with van der Waals surface area (Å²) in [5.74, 6) is 0. The van der Waals surface area contributed by atoms with E-state index < -0.39 is 11.8 Å². The number of hydrogen-bond acceptors (Lipinski definition) is 3. The summed E-state index contributed by atoms with van der Waals surface area (Å²) >= 11 is 0. The molecule has 0 bridgehead atoms. The molecule has 0 aliphatic rings. The average molecular weight is 140 g/mol. The monoisotopic (exact) mass is 140 g/mol. The highest BCUT2D eigenvalue weighted by molar-refractivity contribution is 5.67. The molecule has 0 amide bonds. The maximum atomic E-state index is 10.5. The Kier molecular flexibility index (Phi) is 1.49. The number of nitrogens with zero attached hydrogens (tertiary/aromatic N) is 2. The summed E-state index contributed by atoms with van der Waals surface area (Å²) in [6.45, 7) is 0. The molecule has 0 saturated heterocycles. The first kappa shape index (κ1) is 6.47. The molecule has 10 heavy (non-hydrogen) atoms. The smallest absolute Gasteiger partial charge is 0.419 e. The second kappa shape index (κ2) is 2.30. The van der Waals surface area contributed by atoms with Crippen molar-refractivity contribution in [2.75, 3.05) is 0 Å². The summed E-state index contributed by atoms with van der Waals surface area (Å²) in [5, 5.41) is 8.29. The zero-order valence-electron chi connectivity index (χ0n) is 4.89. The maximum Gasteiger partial charge on any atom is 0.419 e. The van der Waals surface area contributed by atoms with Crippen LogP contribution in [0, 0.1) is 0 Å². The Morgan fingerprint density at radius 1 is 1.70 bits per heavy atom. The van der Waals surface area contributed by atoms with E-state index in [0.29, 0.717) is 4.57 Å². The average Bonchev–Trinajstić information content (AvgIpc) is 1.88. The second-order valence-electron chi connectivity index (χ2n) is 1.55. The number of hydrogen-bond donors (Lipinski definition) is 1. The number of aromatic nitrogens is 2. The summed E-state index contributed by atoms with van der Waals surface area (Å²) in [6.07, 6.45) is 1.05. The van der Waals surface area contributed by atoms with E-state index in [-0.39, 0.29) is 0 Å². The van der Waals surface area contributed by atoms with Crippen molar-refractivity contribution in [3.8, 4) is 0 Å². The van der Waals surface area contributed by atoms with Gasteiger partial charge in [-0.05, 0) is 6.07 Å². The Labute approximate surface area is 55.6 Å². The molecular formula is C5H4N2O3. The van der Waals surface area contributed by atoms with Gasteiger partial charge in [0, 0.05) is 12.4 Å². The van der Waals surface area contributed by atoms with Gasteiger partial charge in [0.2, 0.25) is 0 Å². The van der Waals surface area contributed by atoms with Gasteiger partial charge in [-0.1, -0.05) is 0 Å². The lowest BCUT2D eigenvalue weighted by Gasteiger charge is -1.92. The molecule has 0 radical (unpaired) electrons. The van der Waals surface area contributed by atoms with Crippen molar-refractivity contribution in [3.63, 3.8) is 0 Å².